The largest absolute Gasteiger partial charge is 0.507 e. The van der Waals surface area contributed by atoms with E-state index in [2.05, 4.69) is 0 Å². The van der Waals surface area contributed by atoms with E-state index in [1.807, 2.05) is 64.0 Å². The molecule has 2 fully saturated rings. The van der Waals surface area contributed by atoms with Gasteiger partial charge in [-0.1, -0.05) is 26.8 Å². The maximum Gasteiger partial charge on any atom is 0.230 e. The van der Waals surface area contributed by atoms with Crippen molar-refractivity contribution < 1.29 is 39.5 Å². The number of Topliss-reactive ketones (excluding diaryl/α,β-unsaturated/α-hetero) is 2. The maximum absolute atomic E-state index is 14.3. The van der Waals surface area contributed by atoms with Gasteiger partial charge >= 0.3 is 0 Å². The Kier molecular flexibility index (Phi) is 8.39. The topological polar surface area (TPSA) is 174 Å². The molecule has 3 aliphatic rings. The number of hydrogen-bond acceptors (Lipinski definition) is 10. The number of aliphatic hydroxyl groups excluding tert-OH is 2. The standard InChI is InChI=1S/C35H45N3O8/c1-34(2,3)22-14-18(19-11-16(15-37(4)5)9-10-23(19)46-8)20-12-17-13-21-27(38(6)7)30(41)26(33(36)44)32(43)35(21,45)31(42)24(17)29(40)25(20)28(22)39/h9-11,14,17,21,26-27,30,39-41,45H,12-13,15H2,1-8H3,(H2,36,44)/t17-,21-,26?,27-,30?,35-/m1/s1. The predicted octanol–water partition coefficient (Wildman–Crippen LogP) is 2.16. The molecule has 1 amide bonds. The first kappa shape index (κ1) is 33.6. The van der Waals surface area contributed by atoms with Crippen molar-refractivity contribution in [2.24, 2.45) is 23.5 Å². The quantitative estimate of drug-likeness (QED) is 0.296. The molecule has 248 valence electrons. The third kappa shape index (κ3) is 5.00. The van der Waals surface area contributed by atoms with E-state index in [1.54, 1.807) is 26.1 Å². The van der Waals surface area contributed by atoms with Crippen molar-refractivity contribution in [2.45, 2.75) is 63.3 Å². The molecule has 5 rings (SSSR count). The Morgan fingerprint density at radius 2 is 1.74 bits per heavy atom. The summed E-state index contributed by atoms with van der Waals surface area (Å²) in [5.74, 6) is -7.10. The fraction of sp³-hybridized carbons (Fsp3) is 0.514. The molecular formula is C35H45N3O8. The van der Waals surface area contributed by atoms with Crippen LogP contribution in [0.1, 0.15) is 49.4 Å². The molecule has 2 aromatic rings. The fourth-order valence-electron chi connectivity index (χ4n) is 7.91. The van der Waals surface area contributed by atoms with E-state index in [9.17, 15) is 34.8 Å². The number of benzene rings is 2. The third-order valence-corrected chi connectivity index (χ3v) is 9.95. The van der Waals surface area contributed by atoms with Gasteiger partial charge < -0.3 is 40.7 Å². The number of aliphatic hydroxyl groups is 3. The number of rotatable bonds is 6. The number of amides is 1. The lowest BCUT2D eigenvalue weighted by Crippen LogP contribution is -2.73. The summed E-state index contributed by atoms with van der Waals surface area (Å²) in [6, 6.07) is 6.81. The third-order valence-electron chi connectivity index (χ3n) is 9.95. The monoisotopic (exact) mass is 635 g/mol. The number of ketones is 2. The number of hydrogen-bond donors (Lipinski definition) is 5. The van der Waals surface area contributed by atoms with E-state index in [-0.39, 0.29) is 29.7 Å². The van der Waals surface area contributed by atoms with Crippen LogP contribution in [0.5, 0.6) is 11.5 Å². The smallest absolute Gasteiger partial charge is 0.230 e. The van der Waals surface area contributed by atoms with Crippen LogP contribution in [0, 0.1) is 17.8 Å². The molecule has 3 aliphatic carbocycles. The highest BCUT2D eigenvalue weighted by Gasteiger charge is 2.67. The van der Waals surface area contributed by atoms with Crippen LogP contribution >= 0.6 is 0 Å². The number of carbonyl (C=O) groups excluding carboxylic acids is 3. The van der Waals surface area contributed by atoms with Crippen LogP contribution in [-0.4, -0.2) is 101 Å². The van der Waals surface area contributed by atoms with Crippen molar-refractivity contribution >= 4 is 23.2 Å². The lowest BCUT2D eigenvalue weighted by molar-refractivity contribution is -0.184. The minimum atomic E-state index is -2.71. The lowest BCUT2D eigenvalue weighted by Gasteiger charge is -2.53. The summed E-state index contributed by atoms with van der Waals surface area (Å²) < 4.78 is 5.79. The van der Waals surface area contributed by atoms with E-state index in [4.69, 9.17) is 10.5 Å². The SMILES string of the molecule is COc1ccc(CN(C)C)cc1-c1cc(C(C)(C)C)c(O)c2c1C[C@@H]1C[C@@H]3[C@@H](N(C)C)C(O)C(C(N)=O)C(=O)[C@]3(O)C(=O)C1=C2O. The highest BCUT2D eigenvalue weighted by Crippen LogP contribution is 2.55. The van der Waals surface area contributed by atoms with Gasteiger partial charge in [0, 0.05) is 35.2 Å². The molecule has 6 N–H and O–H groups in total. The van der Waals surface area contributed by atoms with Crippen LogP contribution in [0.25, 0.3) is 16.9 Å². The van der Waals surface area contributed by atoms with Gasteiger partial charge in [-0.05, 0) is 87.3 Å². The summed E-state index contributed by atoms with van der Waals surface area (Å²) >= 11 is 0. The van der Waals surface area contributed by atoms with E-state index < -0.39 is 64.1 Å². The number of nitrogens with zero attached hydrogens (tertiary/aromatic N) is 2. The zero-order chi connectivity index (χ0) is 34.2. The summed E-state index contributed by atoms with van der Waals surface area (Å²) in [5.41, 5.74) is 5.66. The van der Waals surface area contributed by atoms with Crippen LogP contribution < -0.4 is 10.5 Å². The minimum absolute atomic E-state index is 0.0389. The average Bonchev–Trinajstić information content (AvgIpc) is 2.93. The number of likely N-dealkylation sites (N-methyl/N-ethyl adjacent to an activating group) is 1. The highest BCUT2D eigenvalue weighted by atomic mass is 16.5. The first-order valence-electron chi connectivity index (χ1n) is 15.5. The summed E-state index contributed by atoms with van der Waals surface area (Å²) in [4.78, 5) is 44.0. The second-order valence-electron chi connectivity index (χ2n) is 14.5. The number of ether oxygens (including phenoxy) is 1. The molecule has 0 bridgehead atoms. The second-order valence-corrected chi connectivity index (χ2v) is 14.5. The van der Waals surface area contributed by atoms with Gasteiger partial charge in [0.1, 0.15) is 23.2 Å². The Balaban J connectivity index is 1.80. The fourth-order valence-corrected chi connectivity index (χ4v) is 7.91. The van der Waals surface area contributed by atoms with Crippen LogP contribution in [0.15, 0.2) is 29.8 Å². The van der Waals surface area contributed by atoms with Gasteiger partial charge in [-0.2, -0.15) is 0 Å². The molecular weight excluding hydrogens is 590 g/mol. The van der Waals surface area contributed by atoms with Crippen molar-refractivity contribution in [3.63, 3.8) is 0 Å². The van der Waals surface area contributed by atoms with E-state index in [1.165, 1.54) is 0 Å². The van der Waals surface area contributed by atoms with Gasteiger partial charge in [0.15, 0.2) is 11.4 Å². The van der Waals surface area contributed by atoms with Crippen molar-refractivity contribution in [3.8, 4) is 22.6 Å². The molecule has 2 aromatic carbocycles. The van der Waals surface area contributed by atoms with Crippen LogP contribution in [0.2, 0.25) is 0 Å². The Hall–Kier alpha value is -3.77. The normalized spacial score (nSPS) is 27.9. The van der Waals surface area contributed by atoms with Gasteiger partial charge in [0.2, 0.25) is 11.7 Å². The Bertz CT molecular complexity index is 1660. The lowest BCUT2D eigenvalue weighted by atomic mass is 9.54. The number of nitrogens with two attached hydrogens (primary N) is 1. The molecule has 0 saturated heterocycles. The summed E-state index contributed by atoms with van der Waals surface area (Å²) in [6.45, 7) is 6.42. The minimum Gasteiger partial charge on any atom is -0.507 e. The molecule has 0 spiro atoms. The number of fused-ring (bicyclic) bond motifs is 3. The Labute approximate surface area is 269 Å². The van der Waals surface area contributed by atoms with Crippen molar-refractivity contribution in [1.29, 1.82) is 0 Å². The number of phenolic OH excluding ortho intramolecular Hbond substituents is 1. The van der Waals surface area contributed by atoms with Crippen molar-refractivity contribution in [3.05, 3.63) is 52.1 Å². The van der Waals surface area contributed by atoms with Gasteiger partial charge in [-0.25, -0.2) is 0 Å². The van der Waals surface area contributed by atoms with Gasteiger partial charge in [0.05, 0.1) is 18.8 Å². The zero-order valence-corrected chi connectivity index (χ0v) is 27.7. The first-order chi connectivity index (χ1) is 21.4. The number of phenols is 1. The van der Waals surface area contributed by atoms with E-state index >= 15 is 0 Å². The summed E-state index contributed by atoms with van der Waals surface area (Å²) in [7, 11) is 8.76. The first-order valence-corrected chi connectivity index (χ1v) is 15.5. The Morgan fingerprint density at radius 1 is 1.09 bits per heavy atom. The van der Waals surface area contributed by atoms with Gasteiger partial charge in [-0.3, -0.25) is 14.4 Å². The molecule has 6 atom stereocenters. The molecule has 0 radical (unpaired) electrons. The molecule has 46 heavy (non-hydrogen) atoms. The molecule has 0 heterocycles. The molecule has 2 saturated carbocycles. The number of aromatic hydroxyl groups is 1. The maximum atomic E-state index is 14.3. The van der Waals surface area contributed by atoms with Gasteiger partial charge in [-0.15, -0.1) is 0 Å². The van der Waals surface area contributed by atoms with E-state index in [0.29, 0.717) is 29.0 Å². The molecule has 11 heteroatoms. The molecule has 0 aromatic heterocycles. The Morgan fingerprint density at radius 3 is 2.28 bits per heavy atom. The summed E-state index contributed by atoms with van der Waals surface area (Å²) in [6.07, 6.45) is -1.33. The highest BCUT2D eigenvalue weighted by molar-refractivity contribution is 6.25. The second kappa shape index (κ2) is 11.5. The van der Waals surface area contributed by atoms with Crippen LogP contribution in [0.3, 0.4) is 0 Å². The zero-order valence-electron chi connectivity index (χ0n) is 27.7. The van der Waals surface area contributed by atoms with Crippen LogP contribution in [0.4, 0.5) is 0 Å². The number of primary amides is 1. The molecule has 2 unspecified atom stereocenters. The van der Waals surface area contributed by atoms with E-state index in [0.717, 1.165) is 11.1 Å². The average molecular weight is 636 g/mol. The van der Waals surface area contributed by atoms with Crippen molar-refractivity contribution in [1.82, 2.24) is 9.80 Å². The van der Waals surface area contributed by atoms with Crippen LogP contribution in [-0.2, 0) is 32.8 Å². The predicted molar refractivity (Wildman–Crippen MR) is 172 cm³/mol. The van der Waals surface area contributed by atoms with Gasteiger partial charge in [0.25, 0.3) is 0 Å². The molecule has 0 aliphatic heterocycles. The summed E-state index contributed by atoms with van der Waals surface area (Å²) in [5, 5.41) is 46.8. The molecule has 11 nitrogen and oxygen atoms in total. The number of methoxy groups -OCH3 is 1. The number of carbonyl (C=O) groups is 3. The van der Waals surface area contributed by atoms with Crippen molar-refractivity contribution in [2.75, 3.05) is 35.3 Å².